The molecule has 1 aliphatic heterocycles. The lowest BCUT2D eigenvalue weighted by atomic mass is 9.93. The number of hydrogen-bond donors (Lipinski definition) is 8. The van der Waals surface area contributed by atoms with E-state index in [0.717, 1.165) is 28.9 Å². The number of benzene rings is 4. The Labute approximate surface area is 383 Å². The molecule has 0 unspecified atom stereocenters. The summed E-state index contributed by atoms with van der Waals surface area (Å²) >= 11 is 0. The molecule has 0 fully saturated rings. The van der Waals surface area contributed by atoms with E-state index in [1.54, 1.807) is 12.1 Å². The van der Waals surface area contributed by atoms with Crippen molar-refractivity contribution in [2.75, 3.05) is 20.1 Å². The molecular weight excluding hydrogens is 882 g/mol. The number of nitrogens with one attached hydrogen (secondary N) is 4. The molecule has 4 aromatic rings. The van der Waals surface area contributed by atoms with Gasteiger partial charge in [-0.15, -0.1) is 0 Å². The molecule has 5 rings (SSSR count). The fourth-order valence-electron chi connectivity index (χ4n) is 7.11. The van der Waals surface area contributed by atoms with Gasteiger partial charge < -0.3 is 57.1 Å². The largest absolute Gasteiger partial charge is 0.542 e. The number of quaternary nitrogens is 1. The van der Waals surface area contributed by atoms with E-state index in [2.05, 4.69) is 58.2 Å². The average Bonchev–Trinajstić information content (AvgIpc) is 3.28. The number of aliphatic carboxylic acids is 2. The molecule has 67 heavy (non-hydrogen) atoms. The molecule has 0 aromatic heterocycles. The zero-order valence-electron chi connectivity index (χ0n) is 36.9. The van der Waals surface area contributed by atoms with Crippen LogP contribution in [0.15, 0.2) is 84.9 Å². The van der Waals surface area contributed by atoms with Crippen molar-refractivity contribution in [2.45, 2.75) is 82.7 Å². The highest BCUT2D eigenvalue weighted by Gasteiger charge is 2.36. The molecular formula is C47H53F3N6O11. The van der Waals surface area contributed by atoms with E-state index in [1.807, 2.05) is 12.1 Å². The van der Waals surface area contributed by atoms with E-state index in [0.29, 0.717) is 24.1 Å². The number of alkyl halides is 3. The lowest BCUT2D eigenvalue weighted by Crippen LogP contribution is -2.55. The summed E-state index contributed by atoms with van der Waals surface area (Å²) in [5.74, 6) is -7.99. The maximum Gasteiger partial charge on any atom is 0.430 e. The van der Waals surface area contributed by atoms with Crippen LogP contribution >= 0.6 is 0 Å². The van der Waals surface area contributed by atoms with Gasteiger partial charge in [-0.25, -0.2) is 4.79 Å². The Bertz CT molecular complexity index is 2430. The number of aryl methyl sites for hydroxylation is 1. The molecule has 20 heteroatoms. The van der Waals surface area contributed by atoms with Crippen LogP contribution in [0.5, 0.6) is 11.5 Å². The monoisotopic (exact) mass is 934 g/mol. The molecule has 0 aliphatic carbocycles. The Balaban J connectivity index is 0.00000129. The smallest absolute Gasteiger partial charge is 0.430 e. The van der Waals surface area contributed by atoms with E-state index in [-0.39, 0.29) is 59.9 Å². The van der Waals surface area contributed by atoms with Crippen molar-refractivity contribution in [3.05, 3.63) is 107 Å². The maximum atomic E-state index is 14.3. The van der Waals surface area contributed by atoms with Crippen molar-refractivity contribution in [3.63, 3.8) is 0 Å². The number of carbonyl (C=O) groups excluding carboxylic acids is 6. The molecule has 0 saturated heterocycles. The van der Waals surface area contributed by atoms with Gasteiger partial charge in [0.15, 0.2) is 0 Å². The maximum absolute atomic E-state index is 14.3. The predicted molar refractivity (Wildman–Crippen MR) is 234 cm³/mol. The summed E-state index contributed by atoms with van der Waals surface area (Å²) in [5.41, 5.74) is 8.39. The van der Waals surface area contributed by atoms with Gasteiger partial charge in [0.2, 0.25) is 23.6 Å². The van der Waals surface area contributed by atoms with E-state index in [4.69, 9.17) is 9.90 Å². The summed E-state index contributed by atoms with van der Waals surface area (Å²) in [7, 11) is 1.36. The quantitative estimate of drug-likeness (QED) is 0.0907. The summed E-state index contributed by atoms with van der Waals surface area (Å²) in [5, 5.41) is 50.9. The van der Waals surface area contributed by atoms with E-state index in [9.17, 15) is 57.3 Å². The number of phenolic OH excluding ortho intramolecular Hbond substituents is 2. The molecule has 358 valence electrons. The van der Waals surface area contributed by atoms with Gasteiger partial charge in [0.1, 0.15) is 41.6 Å². The summed E-state index contributed by atoms with van der Waals surface area (Å²) < 4.78 is 31.5. The number of carbonyl (C=O) groups is 7. The highest BCUT2D eigenvalue weighted by Crippen LogP contribution is 2.39. The zero-order valence-corrected chi connectivity index (χ0v) is 36.9. The standard InChI is InChI=1S/C45H52N6O9.C2HF3O2/c1-4-6-27-8-11-29(12-9-27)30-13-15-31(16-14-30)42(56)47-22-20-39(54)49-35(7-5-21-46)44(58)51(3)40-32-17-19-38(53)34(25-32)33-23-28(10-18-37(33)52)24-36(45(59)60)50-41(55)26(2)48-43(40)57;3-2(4,5)1(6)7/h8-19,23,25-26,35-36,40,52-53H,4-7,20-22,24,46H2,1-3H3,(H,47,56)(H,48,57)(H,49,54)(H,50,55)(H,59,60);(H,6,7)/t26-,35-,36-,40-;/m0./s1. The lowest BCUT2D eigenvalue weighted by molar-refractivity contribution is -0.368. The Hall–Kier alpha value is -7.48. The molecule has 10 N–H and O–H groups in total. The van der Waals surface area contributed by atoms with Crippen molar-refractivity contribution in [1.29, 1.82) is 0 Å². The Morgan fingerprint density at radius 1 is 0.881 bits per heavy atom. The number of fused-ring (bicyclic) bond motifs is 5. The van der Waals surface area contributed by atoms with E-state index < -0.39 is 65.9 Å². The summed E-state index contributed by atoms with van der Waals surface area (Å²) in [6.45, 7) is 3.93. The van der Waals surface area contributed by atoms with E-state index in [1.165, 1.54) is 55.9 Å². The normalized spacial score (nSPS) is 16.4. The van der Waals surface area contributed by atoms with Crippen molar-refractivity contribution in [3.8, 4) is 33.8 Å². The SMILES string of the molecule is CCCc1ccc(-c2ccc(C(=O)NCCC(=O)N[C@@H](CCC[NH3+])C(=O)N(C)[C@@H]3C(=O)N[C@@H](C)C(=O)N[C@H](C(=O)O)Cc4ccc(O)c(c4)-c4cc3ccc4O)cc2)cc1.O=C([O-])C(F)(F)F. The van der Waals surface area contributed by atoms with Crippen LogP contribution in [0.2, 0.25) is 0 Å². The van der Waals surface area contributed by atoms with Gasteiger partial charge in [0, 0.05) is 43.1 Å². The zero-order chi connectivity index (χ0) is 49.6. The number of rotatable bonds is 14. The van der Waals surface area contributed by atoms with Crippen LogP contribution in [0.1, 0.15) is 72.6 Å². The minimum atomic E-state index is -5.19. The number of likely N-dealkylation sites (N-methyl/N-ethyl adjacent to an activating group) is 1. The predicted octanol–water partition coefficient (Wildman–Crippen LogP) is 2.14. The van der Waals surface area contributed by atoms with Crippen LogP contribution in [0.3, 0.4) is 0 Å². The second kappa shape index (κ2) is 23.6. The summed E-state index contributed by atoms with van der Waals surface area (Å²) in [4.78, 5) is 89.8. The number of carboxylic acid groups (broad SMARTS) is 2. The fraction of sp³-hybridized carbons (Fsp3) is 0.340. The molecule has 1 heterocycles. The van der Waals surface area contributed by atoms with Gasteiger partial charge in [-0.2, -0.15) is 13.2 Å². The van der Waals surface area contributed by atoms with Crippen LogP contribution in [0, 0.1) is 0 Å². The fourth-order valence-corrected chi connectivity index (χ4v) is 7.11. The molecule has 5 amide bonds. The molecule has 17 nitrogen and oxygen atoms in total. The number of halogens is 3. The van der Waals surface area contributed by atoms with Crippen molar-refractivity contribution in [1.82, 2.24) is 26.2 Å². The van der Waals surface area contributed by atoms with Gasteiger partial charge in [0.25, 0.3) is 5.91 Å². The topological polar surface area (TPSA) is 282 Å². The Morgan fingerprint density at radius 2 is 1.46 bits per heavy atom. The molecule has 4 aromatic carbocycles. The van der Waals surface area contributed by atoms with Crippen LogP contribution in [-0.4, -0.2) is 106 Å². The third kappa shape index (κ3) is 14.5. The van der Waals surface area contributed by atoms with Crippen molar-refractivity contribution >= 4 is 41.5 Å². The Morgan fingerprint density at radius 3 is 2.03 bits per heavy atom. The molecule has 4 atom stereocenters. The first-order valence-corrected chi connectivity index (χ1v) is 21.2. The number of aromatic hydroxyl groups is 2. The minimum absolute atomic E-state index is 0.0184. The molecule has 0 saturated carbocycles. The summed E-state index contributed by atoms with van der Waals surface area (Å²) in [6.07, 6.45) is -2.82. The van der Waals surface area contributed by atoms with Gasteiger partial charge >= 0.3 is 12.1 Å². The Kier molecular flexibility index (Phi) is 18.4. The minimum Gasteiger partial charge on any atom is -0.542 e. The van der Waals surface area contributed by atoms with Crippen molar-refractivity contribution < 1.29 is 72.9 Å². The van der Waals surface area contributed by atoms with Gasteiger partial charge in [0.05, 0.1) is 6.54 Å². The van der Waals surface area contributed by atoms with E-state index >= 15 is 0 Å². The molecule has 4 bridgehead atoms. The third-order valence-corrected chi connectivity index (χ3v) is 10.7. The average molecular weight is 935 g/mol. The lowest BCUT2D eigenvalue weighted by Gasteiger charge is -2.32. The van der Waals surface area contributed by atoms with Crippen LogP contribution in [0.25, 0.3) is 22.3 Å². The van der Waals surface area contributed by atoms with Crippen molar-refractivity contribution in [2.24, 2.45) is 0 Å². The molecule has 0 spiro atoms. The first kappa shape index (κ1) is 52.1. The molecule has 1 aliphatic rings. The van der Waals surface area contributed by atoms with Gasteiger partial charge in [-0.3, -0.25) is 24.0 Å². The number of carboxylic acids is 2. The highest BCUT2D eigenvalue weighted by atomic mass is 19.4. The number of amides is 5. The first-order chi connectivity index (χ1) is 31.6. The van der Waals surface area contributed by atoms with Gasteiger partial charge in [-0.1, -0.05) is 61.9 Å². The first-order valence-electron chi connectivity index (χ1n) is 21.2. The second-order valence-electron chi connectivity index (χ2n) is 15.7. The number of nitrogens with zero attached hydrogens (tertiary/aromatic N) is 1. The van der Waals surface area contributed by atoms with Crippen LogP contribution in [-0.2, 0) is 41.6 Å². The third-order valence-electron chi connectivity index (χ3n) is 10.7. The van der Waals surface area contributed by atoms with Crippen LogP contribution < -0.4 is 32.1 Å². The summed E-state index contributed by atoms with van der Waals surface area (Å²) in [6, 6.07) is 18.7. The van der Waals surface area contributed by atoms with Crippen LogP contribution in [0.4, 0.5) is 13.2 Å². The second-order valence-corrected chi connectivity index (χ2v) is 15.7. The number of phenols is 2. The molecule has 0 radical (unpaired) electrons. The number of hydrogen-bond acceptors (Lipinski definition) is 10. The van der Waals surface area contributed by atoms with Gasteiger partial charge in [-0.05, 0) is 90.4 Å². The highest BCUT2D eigenvalue weighted by molar-refractivity contribution is 5.97.